The minimum Gasteiger partial charge on any atom is -0.296 e. The molecule has 0 saturated heterocycles. The summed E-state index contributed by atoms with van der Waals surface area (Å²) in [7, 11) is 0. The van der Waals surface area contributed by atoms with Crippen LogP contribution in [0.5, 0.6) is 0 Å². The van der Waals surface area contributed by atoms with Crippen molar-refractivity contribution in [1.29, 1.82) is 0 Å². The fraction of sp³-hybridized carbons (Fsp3) is 0. The highest BCUT2D eigenvalue weighted by molar-refractivity contribution is 7.18. The second-order valence-corrected chi connectivity index (χ2v) is 7.15. The van der Waals surface area contributed by atoms with Gasteiger partial charge < -0.3 is 0 Å². The number of aromatic nitrogens is 6. The Morgan fingerprint density at radius 2 is 1.76 bits per heavy atom. The Kier molecular flexibility index (Phi) is 4.26. The molecule has 0 aliphatic heterocycles. The molecule has 0 aliphatic rings. The Hall–Kier alpha value is -3.98. The second-order valence-electron chi connectivity index (χ2n) is 6.18. The minimum atomic E-state index is -0.259. The third-order valence-corrected chi connectivity index (χ3v) is 5.16. The summed E-state index contributed by atoms with van der Waals surface area (Å²) in [6, 6.07) is 20.6. The first-order chi connectivity index (χ1) is 14.3. The number of benzene rings is 2. The summed E-state index contributed by atoms with van der Waals surface area (Å²) in [4.78, 5) is 17.2. The van der Waals surface area contributed by atoms with E-state index in [1.165, 1.54) is 11.3 Å². The number of hydrogen-bond donors (Lipinski definition) is 2. The van der Waals surface area contributed by atoms with Crippen LogP contribution < -0.4 is 5.32 Å². The monoisotopic (exact) mass is 399 g/mol. The van der Waals surface area contributed by atoms with Crippen molar-refractivity contribution in [3.63, 3.8) is 0 Å². The Bertz CT molecular complexity index is 1310. The lowest BCUT2D eigenvalue weighted by molar-refractivity contribution is 0.102. The molecular formula is C20H13N7OS. The molecule has 8 nitrogen and oxygen atoms in total. The van der Waals surface area contributed by atoms with Crippen LogP contribution in [0.3, 0.4) is 0 Å². The molecule has 3 heterocycles. The topological polar surface area (TPSA) is 109 Å². The van der Waals surface area contributed by atoms with E-state index in [0.29, 0.717) is 27.6 Å². The first-order valence-corrected chi connectivity index (χ1v) is 9.56. The van der Waals surface area contributed by atoms with Gasteiger partial charge in [0.05, 0.1) is 5.69 Å². The molecule has 5 rings (SSSR count). The molecule has 0 spiro atoms. The molecule has 29 heavy (non-hydrogen) atoms. The highest BCUT2D eigenvalue weighted by atomic mass is 32.1. The van der Waals surface area contributed by atoms with E-state index in [2.05, 4.69) is 35.9 Å². The fourth-order valence-electron chi connectivity index (χ4n) is 2.86. The molecule has 5 aromatic rings. The fourth-order valence-corrected chi connectivity index (χ4v) is 3.60. The van der Waals surface area contributed by atoms with Crippen LogP contribution in [0.25, 0.3) is 33.0 Å². The van der Waals surface area contributed by atoms with Crippen molar-refractivity contribution in [2.24, 2.45) is 0 Å². The van der Waals surface area contributed by atoms with Gasteiger partial charge in [0.2, 0.25) is 10.8 Å². The molecule has 0 unspecified atom stereocenters. The number of aromatic amines is 1. The Balaban J connectivity index is 1.38. The molecule has 0 saturated carbocycles. The van der Waals surface area contributed by atoms with E-state index in [0.717, 1.165) is 16.1 Å². The van der Waals surface area contributed by atoms with Gasteiger partial charge in [0, 0.05) is 16.7 Å². The summed E-state index contributed by atoms with van der Waals surface area (Å²) in [5.41, 5.74) is 4.20. The number of nitrogens with one attached hydrogen (secondary N) is 2. The van der Waals surface area contributed by atoms with Gasteiger partial charge >= 0.3 is 0 Å². The Morgan fingerprint density at radius 1 is 0.897 bits per heavy atom. The smallest absolute Gasteiger partial charge is 0.257 e. The largest absolute Gasteiger partial charge is 0.296 e. The van der Waals surface area contributed by atoms with E-state index < -0.39 is 0 Å². The van der Waals surface area contributed by atoms with Crippen molar-refractivity contribution in [2.45, 2.75) is 0 Å². The lowest BCUT2D eigenvalue weighted by atomic mass is 10.1. The van der Waals surface area contributed by atoms with Crippen LogP contribution >= 0.6 is 11.3 Å². The number of rotatable bonds is 4. The third kappa shape index (κ3) is 3.46. The predicted molar refractivity (Wildman–Crippen MR) is 110 cm³/mol. The van der Waals surface area contributed by atoms with Gasteiger partial charge in [-0.1, -0.05) is 53.8 Å². The zero-order valence-corrected chi connectivity index (χ0v) is 15.7. The molecule has 0 bridgehead atoms. The van der Waals surface area contributed by atoms with E-state index in [-0.39, 0.29) is 5.91 Å². The van der Waals surface area contributed by atoms with Crippen molar-refractivity contribution in [3.8, 4) is 21.8 Å². The number of pyridine rings is 1. The Labute approximate surface area is 168 Å². The van der Waals surface area contributed by atoms with E-state index in [1.54, 1.807) is 12.1 Å². The van der Waals surface area contributed by atoms with E-state index in [4.69, 9.17) is 0 Å². The number of amides is 1. The number of nitrogens with zero attached hydrogens (tertiary/aromatic N) is 5. The van der Waals surface area contributed by atoms with Crippen LogP contribution in [0.1, 0.15) is 10.4 Å². The molecular weight excluding hydrogens is 386 g/mol. The lowest BCUT2D eigenvalue weighted by Gasteiger charge is -2.05. The molecule has 0 radical (unpaired) electrons. The zero-order chi connectivity index (χ0) is 19.6. The van der Waals surface area contributed by atoms with Crippen LogP contribution in [0.4, 0.5) is 5.13 Å². The summed E-state index contributed by atoms with van der Waals surface area (Å²) in [6.45, 7) is 0. The summed E-state index contributed by atoms with van der Waals surface area (Å²) in [6.07, 6.45) is 0. The zero-order valence-electron chi connectivity index (χ0n) is 14.9. The molecule has 2 aromatic carbocycles. The normalized spacial score (nSPS) is 10.9. The van der Waals surface area contributed by atoms with Crippen molar-refractivity contribution in [1.82, 2.24) is 30.6 Å². The predicted octanol–water partition coefficient (Wildman–Crippen LogP) is 3.79. The van der Waals surface area contributed by atoms with Gasteiger partial charge in [-0.3, -0.25) is 10.1 Å². The van der Waals surface area contributed by atoms with Crippen molar-refractivity contribution < 1.29 is 4.79 Å². The summed E-state index contributed by atoms with van der Waals surface area (Å²) < 4.78 is 0. The van der Waals surface area contributed by atoms with Gasteiger partial charge in [-0.05, 0) is 24.3 Å². The average Bonchev–Trinajstić information content (AvgIpc) is 3.43. The molecule has 2 N–H and O–H groups in total. The quantitative estimate of drug-likeness (QED) is 0.476. The van der Waals surface area contributed by atoms with Crippen LogP contribution in [-0.4, -0.2) is 36.5 Å². The molecule has 0 fully saturated rings. The second kappa shape index (κ2) is 7.21. The van der Waals surface area contributed by atoms with Gasteiger partial charge in [-0.2, -0.15) is 10.3 Å². The van der Waals surface area contributed by atoms with E-state index >= 15 is 0 Å². The number of hydrogen-bond acceptors (Lipinski definition) is 7. The number of carbonyl (C=O) groups excluding carboxylic acids is 1. The minimum absolute atomic E-state index is 0.259. The van der Waals surface area contributed by atoms with Crippen molar-refractivity contribution in [2.75, 3.05) is 5.32 Å². The number of carbonyl (C=O) groups is 1. The van der Waals surface area contributed by atoms with Gasteiger partial charge in [0.25, 0.3) is 5.91 Å². The molecule has 0 aliphatic carbocycles. The number of anilines is 1. The summed E-state index contributed by atoms with van der Waals surface area (Å²) in [5, 5.41) is 22.8. The molecule has 140 valence electrons. The number of fused-ring (bicyclic) bond motifs is 1. The summed E-state index contributed by atoms with van der Waals surface area (Å²) in [5.74, 6) is -0.259. The van der Waals surface area contributed by atoms with E-state index in [1.807, 2.05) is 54.6 Å². The standard InChI is InChI=1S/C20H13N7OS/c28-18(22-20-26-25-19(29-20)12-5-2-1-3-6-12)14-8-4-7-13(11-14)15-9-10-16-17(21-15)24-27-23-16/h1-11H,(H,22,26,28)(H,21,23,24,27). The van der Waals surface area contributed by atoms with Gasteiger partial charge in [-0.25, -0.2) is 4.98 Å². The highest BCUT2D eigenvalue weighted by Crippen LogP contribution is 2.26. The van der Waals surface area contributed by atoms with Crippen molar-refractivity contribution in [3.05, 3.63) is 72.3 Å². The first-order valence-electron chi connectivity index (χ1n) is 8.74. The van der Waals surface area contributed by atoms with Gasteiger partial charge in [0.1, 0.15) is 10.5 Å². The van der Waals surface area contributed by atoms with Crippen LogP contribution in [0.2, 0.25) is 0 Å². The highest BCUT2D eigenvalue weighted by Gasteiger charge is 2.13. The molecule has 3 aromatic heterocycles. The van der Waals surface area contributed by atoms with E-state index in [9.17, 15) is 4.79 Å². The van der Waals surface area contributed by atoms with Gasteiger partial charge in [0.15, 0.2) is 0 Å². The lowest BCUT2D eigenvalue weighted by Crippen LogP contribution is -2.11. The maximum Gasteiger partial charge on any atom is 0.257 e. The third-order valence-electron chi connectivity index (χ3n) is 4.27. The SMILES string of the molecule is O=C(Nc1nnc(-c2ccccc2)s1)c1cccc(-c2ccc3n[nH]nc3n2)c1. The van der Waals surface area contributed by atoms with Gasteiger partial charge in [-0.15, -0.1) is 15.3 Å². The summed E-state index contributed by atoms with van der Waals surface area (Å²) >= 11 is 1.33. The molecule has 1 amide bonds. The maximum atomic E-state index is 12.7. The molecule has 9 heteroatoms. The van der Waals surface area contributed by atoms with Crippen LogP contribution in [0, 0.1) is 0 Å². The van der Waals surface area contributed by atoms with Crippen molar-refractivity contribution >= 4 is 33.5 Å². The first kappa shape index (κ1) is 17.1. The number of H-pyrrole nitrogens is 1. The van der Waals surface area contributed by atoms with Crippen LogP contribution in [-0.2, 0) is 0 Å². The Morgan fingerprint density at radius 3 is 2.66 bits per heavy atom. The van der Waals surface area contributed by atoms with Crippen LogP contribution in [0.15, 0.2) is 66.7 Å². The maximum absolute atomic E-state index is 12.7. The average molecular weight is 399 g/mol. The molecule has 0 atom stereocenters.